The minimum Gasteiger partial charge on any atom is -0.336 e. The van der Waals surface area contributed by atoms with E-state index in [9.17, 15) is 18.8 Å². The van der Waals surface area contributed by atoms with E-state index in [2.05, 4.69) is 4.98 Å². The molecule has 1 aromatic heterocycles. The standard InChI is InChI=1S/C20H20FN3O3S/c1-12-18(22-20(27)28-12)19(26)24-10-9-23(15-11-16(15)24)17(25)8-4-6-13-5-2-3-7-14(13)21/h2-7,15-16H,8-11H2,1H3,(H,22,27)/b6-4+. The summed E-state index contributed by atoms with van der Waals surface area (Å²) in [6.45, 7) is 2.66. The van der Waals surface area contributed by atoms with Gasteiger partial charge < -0.3 is 14.8 Å². The molecule has 1 aliphatic carbocycles. The number of fused-ring (bicyclic) bond motifs is 1. The molecule has 1 aliphatic heterocycles. The number of nitrogens with zero attached hydrogens (tertiary/aromatic N) is 2. The van der Waals surface area contributed by atoms with Gasteiger partial charge in [-0.2, -0.15) is 0 Å². The molecule has 28 heavy (non-hydrogen) atoms. The van der Waals surface area contributed by atoms with Gasteiger partial charge in [0, 0.05) is 30.0 Å². The SMILES string of the molecule is Cc1sc(=O)[nH]c1C(=O)N1CCN(C(=O)C/C=C/c2ccccc2F)C2CC21. The molecule has 0 radical (unpaired) electrons. The summed E-state index contributed by atoms with van der Waals surface area (Å²) in [6, 6.07) is 6.45. The maximum atomic E-state index is 13.6. The van der Waals surface area contributed by atoms with Gasteiger partial charge in [-0.25, -0.2) is 4.39 Å². The highest BCUT2D eigenvalue weighted by molar-refractivity contribution is 7.09. The summed E-state index contributed by atoms with van der Waals surface area (Å²) >= 11 is 1.03. The van der Waals surface area contributed by atoms with E-state index >= 15 is 0 Å². The Morgan fingerprint density at radius 2 is 1.96 bits per heavy atom. The summed E-state index contributed by atoms with van der Waals surface area (Å²) in [5.41, 5.74) is 0.809. The smallest absolute Gasteiger partial charge is 0.305 e. The first-order valence-corrected chi connectivity index (χ1v) is 9.98. The number of H-pyrrole nitrogens is 1. The van der Waals surface area contributed by atoms with E-state index in [0.29, 0.717) is 29.2 Å². The first kappa shape index (κ1) is 18.6. The van der Waals surface area contributed by atoms with Crippen molar-refractivity contribution in [3.05, 3.63) is 62.0 Å². The number of piperazine rings is 1. The number of aromatic nitrogens is 1. The molecule has 6 nitrogen and oxygen atoms in total. The van der Waals surface area contributed by atoms with Gasteiger partial charge in [0.15, 0.2) is 0 Å². The molecular formula is C20H20FN3O3S. The van der Waals surface area contributed by atoms with E-state index in [1.165, 1.54) is 6.07 Å². The lowest BCUT2D eigenvalue weighted by molar-refractivity contribution is -0.132. The highest BCUT2D eigenvalue weighted by Crippen LogP contribution is 2.38. The molecule has 2 atom stereocenters. The van der Waals surface area contributed by atoms with E-state index in [0.717, 1.165) is 17.8 Å². The number of carbonyl (C=O) groups excluding carboxylic acids is 2. The largest absolute Gasteiger partial charge is 0.336 e. The first-order chi connectivity index (χ1) is 13.5. The minimum absolute atomic E-state index is 0.00329. The van der Waals surface area contributed by atoms with Crippen molar-refractivity contribution in [2.75, 3.05) is 13.1 Å². The van der Waals surface area contributed by atoms with Gasteiger partial charge in [-0.1, -0.05) is 41.7 Å². The second-order valence-corrected chi connectivity index (χ2v) is 8.22. The molecule has 2 aliphatic rings. The topological polar surface area (TPSA) is 73.5 Å². The van der Waals surface area contributed by atoms with Crippen molar-refractivity contribution < 1.29 is 14.0 Å². The summed E-state index contributed by atoms with van der Waals surface area (Å²) in [7, 11) is 0. The van der Waals surface area contributed by atoms with Crippen LogP contribution in [0.2, 0.25) is 0 Å². The molecule has 8 heteroatoms. The van der Waals surface area contributed by atoms with Gasteiger partial charge >= 0.3 is 4.87 Å². The number of aromatic amines is 1. The van der Waals surface area contributed by atoms with E-state index < -0.39 is 0 Å². The van der Waals surface area contributed by atoms with Crippen LogP contribution in [0.25, 0.3) is 6.08 Å². The molecule has 1 N–H and O–H groups in total. The average molecular weight is 401 g/mol. The second kappa shape index (κ2) is 7.35. The van der Waals surface area contributed by atoms with Gasteiger partial charge in [-0.05, 0) is 19.4 Å². The maximum absolute atomic E-state index is 13.6. The van der Waals surface area contributed by atoms with Crippen LogP contribution in [0.3, 0.4) is 0 Å². The summed E-state index contributed by atoms with van der Waals surface area (Å²) in [4.78, 5) is 43.4. The zero-order chi connectivity index (χ0) is 19.8. The molecule has 2 fully saturated rings. The quantitative estimate of drug-likeness (QED) is 0.855. The van der Waals surface area contributed by atoms with Gasteiger partial charge in [0.2, 0.25) is 5.91 Å². The van der Waals surface area contributed by atoms with E-state index in [-0.39, 0.29) is 41.0 Å². The van der Waals surface area contributed by atoms with Crippen LogP contribution in [-0.2, 0) is 4.79 Å². The number of halogens is 1. The lowest BCUT2D eigenvalue weighted by Gasteiger charge is -2.34. The number of aryl methyl sites for hydroxylation is 1. The second-order valence-electron chi connectivity index (χ2n) is 7.03. The number of amides is 2. The molecular weight excluding hydrogens is 381 g/mol. The number of nitrogens with one attached hydrogen (secondary N) is 1. The zero-order valence-corrected chi connectivity index (χ0v) is 16.2. The van der Waals surface area contributed by atoms with Crippen molar-refractivity contribution in [1.29, 1.82) is 0 Å². The number of hydrogen-bond acceptors (Lipinski definition) is 4. The van der Waals surface area contributed by atoms with Crippen LogP contribution in [0.5, 0.6) is 0 Å². The molecule has 2 heterocycles. The zero-order valence-electron chi connectivity index (χ0n) is 15.4. The van der Waals surface area contributed by atoms with Crippen molar-refractivity contribution in [3.63, 3.8) is 0 Å². The summed E-state index contributed by atoms with van der Waals surface area (Å²) in [6.07, 6.45) is 4.24. The first-order valence-electron chi connectivity index (χ1n) is 9.17. The number of benzene rings is 1. The maximum Gasteiger partial charge on any atom is 0.305 e. The fraction of sp³-hybridized carbons (Fsp3) is 0.350. The molecule has 1 aromatic carbocycles. The predicted molar refractivity (Wildman–Crippen MR) is 105 cm³/mol. The van der Waals surface area contributed by atoms with E-state index in [4.69, 9.17) is 0 Å². The number of thiazole rings is 1. The fourth-order valence-electron chi connectivity index (χ4n) is 3.72. The van der Waals surface area contributed by atoms with Crippen LogP contribution in [0.15, 0.2) is 35.1 Å². The Labute approximate surface area is 165 Å². The van der Waals surface area contributed by atoms with Crippen LogP contribution in [-0.4, -0.2) is 51.8 Å². The van der Waals surface area contributed by atoms with Crippen LogP contribution in [0.4, 0.5) is 4.39 Å². The number of carbonyl (C=O) groups is 2. The molecule has 0 spiro atoms. The van der Waals surface area contributed by atoms with Crippen molar-refractivity contribution in [2.45, 2.75) is 31.8 Å². The summed E-state index contributed by atoms with van der Waals surface area (Å²) < 4.78 is 13.6. The normalized spacial score (nSPS) is 21.1. The third-order valence-electron chi connectivity index (χ3n) is 5.22. The van der Waals surface area contributed by atoms with E-state index in [1.54, 1.807) is 42.2 Å². The van der Waals surface area contributed by atoms with Gasteiger partial charge in [-0.3, -0.25) is 14.4 Å². The predicted octanol–water partition coefficient (Wildman–Crippen LogP) is 2.41. The van der Waals surface area contributed by atoms with Gasteiger partial charge in [0.05, 0.1) is 12.1 Å². The molecule has 2 aromatic rings. The Morgan fingerprint density at radius 3 is 2.68 bits per heavy atom. The monoisotopic (exact) mass is 401 g/mol. The Bertz CT molecular complexity index is 1010. The molecule has 146 valence electrons. The Kier molecular flexibility index (Phi) is 4.89. The van der Waals surface area contributed by atoms with E-state index in [1.807, 2.05) is 4.90 Å². The van der Waals surface area contributed by atoms with Crippen LogP contribution >= 0.6 is 11.3 Å². The Hall–Kier alpha value is -2.74. The third-order valence-corrected chi connectivity index (χ3v) is 6.02. The van der Waals surface area contributed by atoms with Crippen molar-refractivity contribution in [1.82, 2.24) is 14.8 Å². The lowest BCUT2D eigenvalue weighted by atomic mass is 10.2. The number of hydrogen-bond donors (Lipinski definition) is 1. The van der Waals surface area contributed by atoms with Crippen LogP contribution in [0, 0.1) is 12.7 Å². The van der Waals surface area contributed by atoms with Gasteiger partial charge in [0.25, 0.3) is 5.91 Å². The molecule has 1 saturated carbocycles. The van der Waals surface area contributed by atoms with Crippen LogP contribution in [0.1, 0.15) is 33.8 Å². The molecule has 2 amide bonds. The number of rotatable bonds is 4. The molecule has 1 saturated heterocycles. The van der Waals surface area contributed by atoms with Crippen molar-refractivity contribution in [3.8, 4) is 0 Å². The van der Waals surface area contributed by atoms with Crippen molar-refractivity contribution >= 4 is 29.2 Å². The lowest BCUT2D eigenvalue weighted by Crippen LogP contribution is -2.50. The molecule has 4 rings (SSSR count). The Balaban J connectivity index is 1.36. The highest BCUT2D eigenvalue weighted by Gasteiger charge is 2.52. The fourth-order valence-corrected chi connectivity index (χ4v) is 4.39. The van der Waals surface area contributed by atoms with Gasteiger partial charge in [0.1, 0.15) is 11.5 Å². The Morgan fingerprint density at radius 1 is 1.25 bits per heavy atom. The van der Waals surface area contributed by atoms with Crippen LogP contribution < -0.4 is 4.87 Å². The van der Waals surface area contributed by atoms with Crippen molar-refractivity contribution in [2.24, 2.45) is 0 Å². The third kappa shape index (κ3) is 3.52. The van der Waals surface area contributed by atoms with Gasteiger partial charge in [-0.15, -0.1) is 0 Å². The minimum atomic E-state index is -0.317. The average Bonchev–Trinajstić information content (AvgIpc) is 3.39. The summed E-state index contributed by atoms with van der Waals surface area (Å²) in [5.74, 6) is -0.510. The highest BCUT2D eigenvalue weighted by atomic mass is 32.1. The molecule has 0 bridgehead atoms. The molecule has 2 unspecified atom stereocenters. The summed E-state index contributed by atoms with van der Waals surface area (Å²) in [5, 5.41) is 0.